The van der Waals surface area contributed by atoms with Crippen molar-refractivity contribution in [1.82, 2.24) is 40.5 Å². The Bertz CT molecular complexity index is 1990. The lowest BCUT2D eigenvalue weighted by molar-refractivity contribution is -0.137. The number of anilines is 3. The van der Waals surface area contributed by atoms with Gasteiger partial charge >= 0.3 is 0 Å². The van der Waals surface area contributed by atoms with Gasteiger partial charge in [0, 0.05) is 72.5 Å². The molecule has 1 atom stereocenters. The number of rotatable bonds is 20. The first-order chi connectivity index (χ1) is 27.8. The van der Waals surface area contributed by atoms with E-state index in [1.165, 1.54) is 37.0 Å². The van der Waals surface area contributed by atoms with Gasteiger partial charge < -0.3 is 20.9 Å². The quantitative estimate of drug-likeness (QED) is 0.0577. The van der Waals surface area contributed by atoms with Crippen molar-refractivity contribution in [3.05, 3.63) is 76.7 Å². The molecule has 0 bridgehead atoms. The first-order valence-electron chi connectivity index (χ1n) is 20.7. The summed E-state index contributed by atoms with van der Waals surface area (Å²) in [4.78, 5) is 60.1. The van der Waals surface area contributed by atoms with Crippen LogP contribution in [0.2, 0.25) is 0 Å². The Morgan fingerprint density at radius 1 is 0.965 bits per heavy atom. The molecule has 7 rings (SSSR count). The smallest absolute Gasteiger partial charge is 0.255 e. The Hall–Kier alpha value is -5.02. The van der Waals surface area contributed by atoms with Crippen molar-refractivity contribution in [2.24, 2.45) is 0 Å². The largest absolute Gasteiger partial charge is 0.326 e. The average molecular weight is 795 g/mol. The molecular formula is C42H54N10O4S. The average Bonchev–Trinajstić information content (AvgIpc) is 3.97. The summed E-state index contributed by atoms with van der Waals surface area (Å²) in [6, 6.07) is 10.8. The van der Waals surface area contributed by atoms with E-state index in [9.17, 15) is 19.2 Å². The molecule has 57 heavy (non-hydrogen) atoms. The first-order valence-corrected chi connectivity index (χ1v) is 21.5. The van der Waals surface area contributed by atoms with Crippen LogP contribution >= 0.6 is 11.3 Å². The van der Waals surface area contributed by atoms with E-state index in [1.807, 2.05) is 22.2 Å². The molecule has 3 aliphatic rings. The molecule has 15 heteroatoms. The van der Waals surface area contributed by atoms with E-state index in [4.69, 9.17) is 10.1 Å². The number of carbonyl (C=O) groups is 4. The number of aromatic nitrogens is 5. The minimum absolute atomic E-state index is 0.0394. The second-order valence-corrected chi connectivity index (χ2v) is 16.6. The maximum Gasteiger partial charge on any atom is 0.255 e. The van der Waals surface area contributed by atoms with Crippen molar-refractivity contribution < 1.29 is 19.2 Å². The van der Waals surface area contributed by atoms with Crippen LogP contribution in [0.3, 0.4) is 0 Å². The third-order valence-electron chi connectivity index (χ3n) is 11.5. The molecule has 2 fully saturated rings. The number of hydrogen-bond acceptors (Lipinski definition) is 11. The number of pyridine rings is 1. The highest BCUT2D eigenvalue weighted by molar-refractivity contribution is 7.13. The number of hydrogen-bond donors (Lipinski definition) is 4. The highest BCUT2D eigenvalue weighted by Crippen LogP contribution is 2.41. The topological polar surface area (TPSA) is 176 Å². The Labute approximate surface area is 338 Å². The lowest BCUT2D eigenvalue weighted by Crippen LogP contribution is -2.52. The molecule has 0 spiro atoms. The van der Waals surface area contributed by atoms with Crippen molar-refractivity contribution in [3.63, 3.8) is 0 Å². The number of carbonyl (C=O) groups excluding carboxylic acids is 4. The summed E-state index contributed by atoms with van der Waals surface area (Å²) in [5.41, 5.74) is 4.07. The molecule has 4 aromatic rings. The summed E-state index contributed by atoms with van der Waals surface area (Å²) in [5, 5.41) is 24.2. The zero-order valence-electron chi connectivity index (χ0n) is 32.6. The van der Waals surface area contributed by atoms with Gasteiger partial charge in [0.25, 0.3) is 5.91 Å². The predicted octanol–water partition coefficient (Wildman–Crippen LogP) is 6.43. The normalized spacial score (nSPS) is 17.7. The third kappa shape index (κ3) is 10.7. The number of imide groups is 1. The summed E-state index contributed by atoms with van der Waals surface area (Å²) >= 11 is 1.56. The molecule has 4 N–H and O–H groups in total. The molecule has 302 valence electrons. The Balaban J connectivity index is 0.736. The van der Waals surface area contributed by atoms with Crippen LogP contribution in [0.15, 0.2) is 54.2 Å². The van der Waals surface area contributed by atoms with Gasteiger partial charge in [-0.15, -0.1) is 16.4 Å². The van der Waals surface area contributed by atoms with E-state index in [0.29, 0.717) is 24.1 Å². The number of fused-ring (bicyclic) bond motifs is 1. The minimum Gasteiger partial charge on any atom is -0.326 e. The van der Waals surface area contributed by atoms with Gasteiger partial charge in [0.2, 0.25) is 17.7 Å². The summed E-state index contributed by atoms with van der Waals surface area (Å²) in [5.74, 6) is -0.178. The molecular weight excluding hydrogens is 741 g/mol. The van der Waals surface area contributed by atoms with Crippen LogP contribution in [0.5, 0.6) is 0 Å². The molecule has 1 aliphatic carbocycles. The number of piperidine rings is 1. The van der Waals surface area contributed by atoms with Gasteiger partial charge in [0.1, 0.15) is 11.9 Å². The van der Waals surface area contributed by atoms with E-state index >= 15 is 0 Å². The second kappa shape index (κ2) is 19.4. The van der Waals surface area contributed by atoms with Gasteiger partial charge in [0.15, 0.2) is 5.13 Å². The van der Waals surface area contributed by atoms with Gasteiger partial charge in [-0.25, -0.2) is 9.97 Å². The van der Waals surface area contributed by atoms with Crippen LogP contribution in [0.1, 0.15) is 124 Å². The highest BCUT2D eigenvalue weighted by Gasteiger charge is 2.39. The van der Waals surface area contributed by atoms with Gasteiger partial charge in [-0.05, 0) is 74.5 Å². The fourth-order valence-corrected chi connectivity index (χ4v) is 8.94. The number of unbranched alkanes of at least 4 members (excludes halogenated alkanes) is 6. The Morgan fingerprint density at radius 2 is 1.79 bits per heavy atom. The number of nitrogens with zero attached hydrogens (tertiary/aromatic N) is 6. The van der Waals surface area contributed by atoms with Crippen molar-refractivity contribution in [2.45, 2.75) is 127 Å². The minimum atomic E-state index is -0.652. The highest BCUT2D eigenvalue weighted by atomic mass is 32.1. The molecule has 1 unspecified atom stereocenters. The monoisotopic (exact) mass is 794 g/mol. The van der Waals surface area contributed by atoms with Crippen LogP contribution in [-0.4, -0.2) is 72.6 Å². The lowest BCUT2D eigenvalue weighted by atomic mass is 9.69. The Kier molecular flexibility index (Phi) is 13.7. The van der Waals surface area contributed by atoms with Crippen molar-refractivity contribution in [2.75, 3.05) is 23.7 Å². The zero-order valence-corrected chi connectivity index (χ0v) is 33.5. The molecule has 1 saturated heterocycles. The fourth-order valence-electron chi connectivity index (χ4n) is 8.41. The van der Waals surface area contributed by atoms with E-state index in [2.05, 4.69) is 49.8 Å². The van der Waals surface area contributed by atoms with Gasteiger partial charge in [-0.3, -0.25) is 29.2 Å². The SMILES string of the molecule is O=C1CCC(N2Cc3cc(NC(=O)CCCCCCCCCNCCn4cc(C5(Cc6cccc(Nc7nccs7)n6)CCCCC5)nn4)ccc3C2=O)C(=O)N1. The maximum atomic E-state index is 12.9. The van der Waals surface area contributed by atoms with Gasteiger partial charge in [-0.2, -0.15) is 0 Å². The van der Waals surface area contributed by atoms with E-state index < -0.39 is 11.9 Å². The summed E-state index contributed by atoms with van der Waals surface area (Å²) in [6.45, 7) is 2.91. The van der Waals surface area contributed by atoms with Gasteiger partial charge in [0.05, 0.1) is 12.2 Å². The number of nitrogens with one attached hydrogen (secondary N) is 4. The second-order valence-electron chi connectivity index (χ2n) is 15.7. The van der Waals surface area contributed by atoms with Crippen LogP contribution in [0.4, 0.5) is 16.6 Å². The third-order valence-corrected chi connectivity index (χ3v) is 12.2. The van der Waals surface area contributed by atoms with Crippen LogP contribution in [-0.2, 0) is 39.3 Å². The van der Waals surface area contributed by atoms with E-state index in [-0.39, 0.29) is 36.1 Å². The summed E-state index contributed by atoms with van der Waals surface area (Å²) < 4.78 is 1.99. The molecule has 5 heterocycles. The van der Waals surface area contributed by atoms with E-state index in [1.54, 1.807) is 29.7 Å². The van der Waals surface area contributed by atoms with Crippen molar-refractivity contribution >= 4 is 51.6 Å². The lowest BCUT2D eigenvalue weighted by Gasteiger charge is -2.35. The Morgan fingerprint density at radius 3 is 2.60 bits per heavy atom. The van der Waals surface area contributed by atoms with Crippen LogP contribution in [0, 0.1) is 0 Å². The molecule has 1 saturated carbocycles. The number of amides is 4. The number of benzene rings is 1. The molecule has 0 radical (unpaired) electrons. The molecule has 14 nitrogen and oxygen atoms in total. The summed E-state index contributed by atoms with van der Waals surface area (Å²) in [7, 11) is 0. The fraction of sp³-hybridized carbons (Fsp3) is 0.524. The van der Waals surface area contributed by atoms with Crippen molar-refractivity contribution in [3.8, 4) is 0 Å². The van der Waals surface area contributed by atoms with Gasteiger partial charge in [-0.1, -0.05) is 62.6 Å². The molecule has 3 aromatic heterocycles. The van der Waals surface area contributed by atoms with E-state index in [0.717, 1.165) is 98.9 Å². The summed E-state index contributed by atoms with van der Waals surface area (Å²) in [6.07, 6.45) is 19.3. The molecule has 2 aliphatic heterocycles. The van der Waals surface area contributed by atoms with Crippen LogP contribution in [0.25, 0.3) is 0 Å². The molecule has 4 amide bonds. The zero-order chi connectivity index (χ0) is 39.5. The predicted molar refractivity (Wildman–Crippen MR) is 219 cm³/mol. The number of thiazole rings is 1. The molecule has 1 aromatic carbocycles. The van der Waals surface area contributed by atoms with Crippen LogP contribution < -0.4 is 21.3 Å². The first kappa shape index (κ1) is 40.2. The van der Waals surface area contributed by atoms with Crippen molar-refractivity contribution in [1.29, 1.82) is 0 Å². The standard InChI is InChI=1S/C42H54N10O4S/c53-37(46-31-15-16-33-30(26-31)28-52(40(33)56)34-17-18-38(54)48-39(34)55)14-7-4-2-1-3-5-10-21-43-22-24-51-29-35(49-50-51)42(19-8-6-9-20-42)27-32-12-11-13-36(45-32)47-41-44-23-25-57-41/h11-13,15-16,23,25-26,29,34,43H,1-10,14,17-22,24,27-28H2,(H,46,53)(H,44,45,47)(H,48,54,55). The maximum absolute atomic E-state index is 12.9.